The van der Waals surface area contributed by atoms with Gasteiger partial charge in [0, 0.05) is 15.9 Å². The van der Waals surface area contributed by atoms with Gasteiger partial charge in [0.25, 0.3) is 5.56 Å². The van der Waals surface area contributed by atoms with Gasteiger partial charge >= 0.3 is 0 Å². The molecule has 3 aromatic rings. The maximum Gasteiger partial charge on any atom is 0.251 e. The summed E-state index contributed by atoms with van der Waals surface area (Å²) >= 11 is 3.43. The van der Waals surface area contributed by atoms with Gasteiger partial charge in [-0.05, 0) is 36.2 Å². The van der Waals surface area contributed by atoms with Crippen molar-refractivity contribution in [3.63, 3.8) is 0 Å². The van der Waals surface area contributed by atoms with Crippen LogP contribution in [0.15, 0.2) is 63.9 Å². The topological polar surface area (TPSA) is 22.0 Å². The first-order chi connectivity index (χ1) is 9.65. The van der Waals surface area contributed by atoms with Crippen molar-refractivity contribution in [2.45, 2.75) is 13.5 Å². The molecule has 1 aromatic heterocycles. The summed E-state index contributed by atoms with van der Waals surface area (Å²) in [6, 6.07) is 17.8. The molecular formula is C17H14BrNO. The van der Waals surface area contributed by atoms with E-state index in [-0.39, 0.29) is 5.56 Å². The zero-order chi connectivity index (χ0) is 14.1. The standard InChI is InChI=1S/C17H14BrNO/c1-12-10-17(20)19(16-5-3-2-4-15(12)16)11-13-6-8-14(18)9-7-13/h2-10H,11H2,1H3. The summed E-state index contributed by atoms with van der Waals surface area (Å²) in [7, 11) is 0. The molecule has 0 unspecified atom stereocenters. The molecule has 0 saturated carbocycles. The van der Waals surface area contributed by atoms with Gasteiger partial charge in [0.05, 0.1) is 12.1 Å². The van der Waals surface area contributed by atoms with Crippen LogP contribution < -0.4 is 5.56 Å². The molecule has 0 fully saturated rings. The Morgan fingerprint density at radius 2 is 1.75 bits per heavy atom. The lowest BCUT2D eigenvalue weighted by atomic mass is 10.1. The summed E-state index contributed by atoms with van der Waals surface area (Å²) in [4.78, 5) is 12.3. The minimum atomic E-state index is 0.0455. The van der Waals surface area contributed by atoms with E-state index in [0.717, 1.165) is 26.5 Å². The molecule has 0 aliphatic rings. The molecule has 2 nitrogen and oxygen atoms in total. The van der Waals surface area contributed by atoms with Gasteiger partial charge in [-0.1, -0.05) is 46.3 Å². The lowest BCUT2D eigenvalue weighted by molar-refractivity contribution is 0.793. The number of aryl methyl sites for hydroxylation is 1. The Labute approximate surface area is 125 Å². The van der Waals surface area contributed by atoms with Crippen molar-refractivity contribution < 1.29 is 0 Å². The van der Waals surface area contributed by atoms with E-state index in [4.69, 9.17) is 0 Å². The number of halogens is 1. The summed E-state index contributed by atoms with van der Waals surface area (Å²) < 4.78 is 2.87. The van der Waals surface area contributed by atoms with Gasteiger partial charge in [-0.2, -0.15) is 0 Å². The second-order valence-electron chi connectivity index (χ2n) is 4.90. The molecule has 0 radical (unpaired) electrons. The van der Waals surface area contributed by atoms with Crippen molar-refractivity contribution >= 4 is 26.8 Å². The summed E-state index contributed by atoms with van der Waals surface area (Å²) in [6.45, 7) is 2.57. The van der Waals surface area contributed by atoms with Crippen molar-refractivity contribution in [3.8, 4) is 0 Å². The number of fused-ring (bicyclic) bond motifs is 1. The number of hydrogen-bond donors (Lipinski definition) is 0. The highest BCUT2D eigenvalue weighted by Crippen LogP contribution is 2.17. The van der Waals surface area contributed by atoms with Gasteiger partial charge < -0.3 is 4.57 Å². The van der Waals surface area contributed by atoms with Crippen molar-refractivity contribution in [2.75, 3.05) is 0 Å². The fraction of sp³-hybridized carbons (Fsp3) is 0.118. The molecule has 0 amide bonds. The molecule has 0 aliphatic carbocycles. The maximum absolute atomic E-state index is 12.3. The molecule has 1 heterocycles. The van der Waals surface area contributed by atoms with E-state index in [1.807, 2.05) is 54.0 Å². The summed E-state index contributed by atoms with van der Waals surface area (Å²) in [5.41, 5.74) is 3.17. The Morgan fingerprint density at radius 3 is 2.50 bits per heavy atom. The van der Waals surface area contributed by atoms with Crippen LogP contribution in [0.1, 0.15) is 11.1 Å². The summed E-state index contributed by atoms with van der Waals surface area (Å²) in [5, 5.41) is 1.13. The van der Waals surface area contributed by atoms with E-state index in [1.165, 1.54) is 0 Å². The average Bonchev–Trinajstić information content (AvgIpc) is 2.45. The molecule has 0 aliphatic heterocycles. The van der Waals surface area contributed by atoms with Gasteiger partial charge in [0.15, 0.2) is 0 Å². The normalized spacial score (nSPS) is 10.9. The maximum atomic E-state index is 12.3. The van der Waals surface area contributed by atoms with E-state index in [1.54, 1.807) is 6.07 Å². The van der Waals surface area contributed by atoms with Crippen LogP contribution in [-0.4, -0.2) is 4.57 Å². The van der Waals surface area contributed by atoms with Crippen LogP contribution in [0.2, 0.25) is 0 Å². The van der Waals surface area contributed by atoms with Gasteiger partial charge in [-0.25, -0.2) is 0 Å². The van der Waals surface area contributed by atoms with Gasteiger partial charge in [0.2, 0.25) is 0 Å². The fourth-order valence-electron chi connectivity index (χ4n) is 2.44. The van der Waals surface area contributed by atoms with Crippen LogP contribution in [0.25, 0.3) is 10.9 Å². The molecule has 3 heteroatoms. The minimum Gasteiger partial charge on any atom is -0.304 e. The number of para-hydroxylation sites is 1. The Bertz CT molecular complexity index is 819. The third-order valence-electron chi connectivity index (χ3n) is 3.48. The molecule has 0 saturated heterocycles. The van der Waals surface area contributed by atoms with Gasteiger partial charge in [-0.3, -0.25) is 4.79 Å². The van der Waals surface area contributed by atoms with Crippen LogP contribution in [0, 0.1) is 6.92 Å². The Hall–Kier alpha value is -1.87. The van der Waals surface area contributed by atoms with Crippen molar-refractivity contribution in [3.05, 3.63) is 80.6 Å². The molecule has 0 N–H and O–H groups in total. The highest BCUT2D eigenvalue weighted by molar-refractivity contribution is 9.10. The number of pyridine rings is 1. The first kappa shape index (κ1) is 13.1. The zero-order valence-electron chi connectivity index (χ0n) is 11.1. The number of rotatable bonds is 2. The lowest BCUT2D eigenvalue weighted by Gasteiger charge is -2.12. The lowest BCUT2D eigenvalue weighted by Crippen LogP contribution is -2.20. The van der Waals surface area contributed by atoms with Crippen molar-refractivity contribution in [1.82, 2.24) is 4.57 Å². The van der Waals surface area contributed by atoms with Crippen LogP contribution in [0.4, 0.5) is 0 Å². The predicted molar refractivity (Wildman–Crippen MR) is 86.2 cm³/mol. The number of nitrogens with zero attached hydrogens (tertiary/aromatic N) is 1. The Morgan fingerprint density at radius 1 is 1.05 bits per heavy atom. The van der Waals surface area contributed by atoms with Crippen molar-refractivity contribution in [2.24, 2.45) is 0 Å². The fourth-order valence-corrected chi connectivity index (χ4v) is 2.70. The third kappa shape index (κ3) is 2.41. The largest absolute Gasteiger partial charge is 0.304 e. The monoisotopic (exact) mass is 327 g/mol. The summed E-state index contributed by atoms with van der Waals surface area (Å²) in [5.74, 6) is 0. The van der Waals surface area contributed by atoms with E-state index in [2.05, 4.69) is 22.0 Å². The zero-order valence-corrected chi connectivity index (χ0v) is 12.7. The van der Waals surface area contributed by atoms with Crippen LogP contribution in [0.3, 0.4) is 0 Å². The minimum absolute atomic E-state index is 0.0455. The smallest absolute Gasteiger partial charge is 0.251 e. The second-order valence-corrected chi connectivity index (χ2v) is 5.81. The highest BCUT2D eigenvalue weighted by atomic mass is 79.9. The first-order valence-corrected chi connectivity index (χ1v) is 7.28. The van der Waals surface area contributed by atoms with Crippen LogP contribution >= 0.6 is 15.9 Å². The van der Waals surface area contributed by atoms with E-state index >= 15 is 0 Å². The molecule has 20 heavy (non-hydrogen) atoms. The third-order valence-corrected chi connectivity index (χ3v) is 4.01. The van der Waals surface area contributed by atoms with Crippen molar-refractivity contribution in [1.29, 1.82) is 0 Å². The molecular weight excluding hydrogens is 314 g/mol. The summed E-state index contributed by atoms with van der Waals surface area (Å²) in [6.07, 6.45) is 0. The molecule has 0 spiro atoms. The molecule has 3 rings (SSSR count). The number of benzene rings is 2. The van der Waals surface area contributed by atoms with Gasteiger partial charge in [-0.15, -0.1) is 0 Å². The first-order valence-electron chi connectivity index (χ1n) is 6.49. The second kappa shape index (κ2) is 5.25. The molecule has 0 bridgehead atoms. The quantitative estimate of drug-likeness (QED) is 0.694. The molecule has 0 atom stereocenters. The Kier molecular flexibility index (Phi) is 3.45. The molecule has 100 valence electrons. The predicted octanol–water partition coefficient (Wildman–Crippen LogP) is 4.12. The SMILES string of the molecule is Cc1cc(=O)n(Cc2ccc(Br)cc2)c2ccccc12. The van der Waals surface area contributed by atoms with Gasteiger partial charge in [0.1, 0.15) is 0 Å². The van der Waals surface area contributed by atoms with Crippen LogP contribution in [-0.2, 0) is 6.54 Å². The van der Waals surface area contributed by atoms with E-state index in [0.29, 0.717) is 6.54 Å². The van der Waals surface area contributed by atoms with Crippen LogP contribution in [0.5, 0.6) is 0 Å². The van der Waals surface area contributed by atoms with E-state index in [9.17, 15) is 4.79 Å². The highest BCUT2D eigenvalue weighted by Gasteiger charge is 2.06. The number of hydrogen-bond acceptors (Lipinski definition) is 1. The number of aromatic nitrogens is 1. The Balaban J connectivity index is 2.16. The average molecular weight is 328 g/mol. The van der Waals surface area contributed by atoms with E-state index < -0.39 is 0 Å². The molecule has 2 aromatic carbocycles.